The number of fused-ring (bicyclic) bond motifs is 1. The number of benzene rings is 2. The van der Waals surface area contributed by atoms with Crippen LogP contribution in [0.25, 0.3) is 10.9 Å². The molecular weight excluding hydrogens is 326 g/mol. The lowest BCUT2D eigenvalue weighted by molar-refractivity contribution is -0.139. The van der Waals surface area contributed by atoms with Crippen molar-refractivity contribution in [1.29, 1.82) is 0 Å². The Morgan fingerprint density at radius 1 is 1.04 bits per heavy atom. The quantitative estimate of drug-likeness (QED) is 0.770. The average molecular weight is 347 g/mol. The fourth-order valence-electron chi connectivity index (χ4n) is 3.32. The van der Waals surface area contributed by atoms with Crippen LogP contribution in [0.15, 0.2) is 59.4 Å². The number of H-pyrrole nitrogens is 1. The summed E-state index contributed by atoms with van der Waals surface area (Å²) in [7, 11) is 0. The maximum absolute atomic E-state index is 12.9. The fraction of sp³-hybridized carbons (Fsp3) is 0.286. The van der Waals surface area contributed by atoms with Gasteiger partial charge in [0.2, 0.25) is 5.91 Å². The number of hydrogen-bond acceptors (Lipinski definition) is 3. The van der Waals surface area contributed by atoms with Gasteiger partial charge < -0.3 is 9.88 Å². The highest BCUT2D eigenvalue weighted by molar-refractivity contribution is 5.80. The molecule has 5 heteroatoms. The summed E-state index contributed by atoms with van der Waals surface area (Å²) < 4.78 is 0. The van der Waals surface area contributed by atoms with Gasteiger partial charge in [0.1, 0.15) is 5.82 Å². The highest BCUT2D eigenvalue weighted by Gasteiger charge is 2.30. The van der Waals surface area contributed by atoms with E-state index in [1.807, 2.05) is 53.4 Å². The Hall–Kier alpha value is -2.95. The SMILES string of the molecule is O=C(C1CCC1)N(Cc1ccccc1)Cc1nc2ccccc2c(=O)[nH]1. The molecule has 1 N–H and O–H groups in total. The predicted octanol–water partition coefficient (Wildman–Crippen LogP) is 3.25. The normalized spacial score (nSPS) is 14.2. The first-order valence-corrected chi connectivity index (χ1v) is 9.01. The third-order valence-electron chi connectivity index (χ3n) is 4.98. The molecule has 1 aliphatic carbocycles. The van der Waals surface area contributed by atoms with Gasteiger partial charge in [0.25, 0.3) is 5.56 Å². The molecule has 0 atom stereocenters. The number of para-hydroxylation sites is 1. The third kappa shape index (κ3) is 3.38. The summed E-state index contributed by atoms with van der Waals surface area (Å²) in [4.78, 5) is 34.4. The number of nitrogens with zero attached hydrogens (tertiary/aromatic N) is 2. The highest BCUT2D eigenvalue weighted by Crippen LogP contribution is 2.29. The topological polar surface area (TPSA) is 66.1 Å². The molecule has 1 amide bonds. The van der Waals surface area contributed by atoms with Crippen LogP contribution in [-0.4, -0.2) is 20.8 Å². The number of carbonyl (C=O) groups is 1. The molecule has 4 rings (SSSR count). The van der Waals surface area contributed by atoms with Crippen molar-refractivity contribution in [2.75, 3.05) is 0 Å². The molecule has 2 aromatic carbocycles. The summed E-state index contributed by atoms with van der Waals surface area (Å²) >= 11 is 0. The molecule has 0 bridgehead atoms. The van der Waals surface area contributed by atoms with Crippen LogP contribution in [-0.2, 0) is 17.9 Å². The molecule has 1 aliphatic rings. The minimum Gasteiger partial charge on any atom is -0.331 e. The van der Waals surface area contributed by atoms with E-state index in [1.54, 1.807) is 6.07 Å². The van der Waals surface area contributed by atoms with E-state index >= 15 is 0 Å². The van der Waals surface area contributed by atoms with Crippen molar-refractivity contribution in [2.24, 2.45) is 5.92 Å². The van der Waals surface area contributed by atoms with Gasteiger partial charge in [-0.3, -0.25) is 9.59 Å². The van der Waals surface area contributed by atoms with Crippen LogP contribution in [0.4, 0.5) is 0 Å². The second-order valence-electron chi connectivity index (χ2n) is 6.84. The zero-order valence-electron chi connectivity index (χ0n) is 14.5. The van der Waals surface area contributed by atoms with Crippen LogP contribution in [0.1, 0.15) is 30.7 Å². The van der Waals surface area contributed by atoms with Crippen LogP contribution < -0.4 is 5.56 Å². The summed E-state index contributed by atoms with van der Waals surface area (Å²) in [5.41, 5.74) is 1.56. The molecule has 132 valence electrons. The molecule has 1 fully saturated rings. The van der Waals surface area contributed by atoms with Crippen LogP contribution in [0.2, 0.25) is 0 Å². The lowest BCUT2D eigenvalue weighted by Gasteiger charge is -2.31. The number of nitrogens with one attached hydrogen (secondary N) is 1. The Morgan fingerprint density at radius 2 is 1.77 bits per heavy atom. The van der Waals surface area contributed by atoms with Crippen molar-refractivity contribution in [3.05, 3.63) is 76.3 Å². The lowest BCUT2D eigenvalue weighted by atomic mass is 9.84. The number of amides is 1. The second kappa shape index (κ2) is 7.12. The van der Waals surface area contributed by atoms with Gasteiger partial charge in [-0.25, -0.2) is 4.98 Å². The van der Waals surface area contributed by atoms with E-state index in [4.69, 9.17) is 0 Å². The lowest BCUT2D eigenvalue weighted by Crippen LogP contribution is -2.38. The molecule has 1 heterocycles. The molecule has 3 aromatic rings. The molecule has 1 saturated carbocycles. The molecule has 0 radical (unpaired) electrons. The first kappa shape index (κ1) is 16.5. The monoisotopic (exact) mass is 347 g/mol. The molecule has 0 spiro atoms. The van der Waals surface area contributed by atoms with Crippen LogP contribution in [0, 0.1) is 5.92 Å². The van der Waals surface area contributed by atoms with Crippen molar-refractivity contribution in [1.82, 2.24) is 14.9 Å². The summed E-state index contributed by atoms with van der Waals surface area (Å²) in [6.45, 7) is 0.830. The molecule has 0 saturated heterocycles. The van der Waals surface area contributed by atoms with E-state index in [0.717, 1.165) is 24.8 Å². The van der Waals surface area contributed by atoms with Crippen LogP contribution >= 0.6 is 0 Å². The molecular formula is C21H21N3O2. The molecule has 1 aromatic heterocycles. The number of aromatic amines is 1. The predicted molar refractivity (Wildman–Crippen MR) is 100 cm³/mol. The number of rotatable bonds is 5. The van der Waals surface area contributed by atoms with Crippen molar-refractivity contribution in [3.8, 4) is 0 Å². The largest absolute Gasteiger partial charge is 0.331 e. The molecule has 0 unspecified atom stereocenters. The van der Waals surface area contributed by atoms with E-state index in [9.17, 15) is 9.59 Å². The van der Waals surface area contributed by atoms with Gasteiger partial charge >= 0.3 is 0 Å². The van der Waals surface area contributed by atoms with Gasteiger partial charge in [-0.2, -0.15) is 0 Å². The Labute approximate surface area is 151 Å². The number of carbonyl (C=O) groups excluding carboxylic acids is 1. The van der Waals surface area contributed by atoms with E-state index in [2.05, 4.69) is 9.97 Å². The zero-order valence-corrected chi connectivity index (χ0v) is 14.5. The number of aromatic nitrogens is 2. The smallest absolute Gasteiger partial charge is 0.258 e. The minimum absolute atomic E-state index is 0.103. The average Bonchev–Trinajstić information content (AvgIpc) is 2.61. The van der Waals surface area contributed by atoms with Gasteiger partial charge in [0.15, 0.2) is 0 Å². The van der Waals surface area contributed by atoms with Crippen molar-refractivity contribution >= 4 is 16.8 Å². The van der Waals surface area contributed by atoms with Gasteiger partial charge in [-0.15, -0.1) is 0 Å². The maximum Gasteiger partial charge on any atom is 0.258 e. The van der Waals surface area contributed by atoms with Crippen molar-refractivity contribution in [3.63, 3.8) is 0 Å². The Balaban J connectivity index is 1.63. The van der Waals surface area contributed by atoms with Crippen LogP contribution in [0.5, 0.6) is 0 Å². The first-order chi connectivity index (χ1) is 12.7. The van der Waals surface area contributed by atoms with Gasteiger partial charge in [-0.1, -0.05) is 48.9 Å². The minimum atomic E-state index is -0.165. The Kier molecular flexibility index (Phi) is 4.52. The number of hydrogen-bond donors (Lipinski definition) is 1. The van der Waals surface area contributed by atoms with E-state index in [0.29, 0.717) is 29.8 Å². The zero-order chi connectivity index (χ0) is 17.9. The maximum atomic E-state index is 12.9. The van der Waals surface area contributed by atoms with E-state index in [-0.39, 0.29) is 17.4 Å². The first-order valence-electron chi connectivity index (χ1n) is 9.01. The van der Waals surface area contributed by atoms with Crippen molar-refractivity contribution < 1.29 is 4.79 Å². The molecule has 26 heavy (non-hydrogen) atoms. The fourth-order valence-corrected chi connectivity index (χ4v) is 3.32. The third-order valence-corrected chi connectivity index (χ3v) is 4.98. The van der Waals surface area contributed by atoms with E-state index in [1.165, 1.54) is 0 Å². The molecule has 5 nitrogen and oxygen atoms in total. The molecule has 0 aliphatic heterocycles. The summed E-state index contributed by atoms with van der Waals surface area (Å²) in [6, 6.07) is 17.2. The highest BCUT2D eigenvalue weighted by atomic mass is 16.2. The van der Waals surface area contributed by atoms with Gasteiger partial charge in [0, 0.05) is 12.5 Å². The van der Waals surface area contributed by atoms with E-state index < -0.39 is 0 Å². The van der Waals surface area contributed by atoms with Crippen molar-refractivity contribution in [2.45, 2.75) is 32.4 Å². The van der Waals surface area contributed by atoms with Gasteiger partial charge in [0.05, 0.1) is 17.4 Å². The van der Waals surface area contributed by atoms with Gasteiger partial charge in [-0.05, 0) is 30.5 Å². The summed E-state index contributed by atoms with van der Waals surface area (Å²) in [5, 5.41) is 0.566. The van der Waals surface area contributed by atoms with Crippen LogP contribution in [0.3, 0.4) is 0 Å². The second-order valence-corrected chi connectivity index (χ2v) is 6.84. The standard InChI is InChI=1S/C21H21N3O2/c25-20-17-11-4-5-12-18(17)22-19(23-20)14-24(21(26)16-9-6-10-16)13-15-7-2-1-3-8-15/h1-5,7-8,11-12,16H,6,9-10,13-14H2,(H,22,23,25). The summed E-state index contributed by atoms with van der Waals surface area (Å²) in [5.74, 6) is 0.777. The Morgan fingerprint density at radius 3 is 2.50 bits per heavy atom. The Bertz CT molecular complexity index is 977. The summed E-state index contributed by atoms with van der Waals surface area (Å²) in [6.07, 6.45) is 3.01.